The van der Waals surface area contributed by atoms with Gasteiger partial charge in [0, 0.05) is 6.07 Å². The Morgan fingerprint density at radius 1 is 1.18 bits per heavy atom. The lowest BCUT2D eigenvalue weighted by Gasteiger charge is -2.14. The highest BCUT2D eigenvalue weighted by Gasteiger charge is 2.26. The Bertz CT molecular complexity index is 712. The van der Waals surface area contributed by atoms with Gasteiger partial charge in [0.1, 0.15) is 29.1 Å². The highest BCUT2D eigenvalue weighted by molar-refractivity contribution is 5.54. The van der Waals surface area contributed by atoms with Crippen LogP contribution < -0.4 is 9.47 Å². The molecule has 0 bridgehead atoms. The molecule has 1 aliphatic carbocycles. The van der Waals surface area contributed by atoms with Gasteiger partial charge in [0.25, 0.3) is 0 Å². The van der Waals surface area contributed by atoms with Crippen LogP contribution in [-0.4, -0.2) is 11.2 Å². The van der Waals surface area contributed by atoms with Crippen molar-refractivity contribution in [3.05, 3.63) is 47.5 Å². The Morgan fingerprint density at radius 3 is 2.50 bits per heavy atom. The summed E-state index contributed by atoms with van der Waals surface area (Å²) in [4.78, 5) is 0. The van der Waals surface area contributed by atoms with E-state index in [4.69, 9.17) is 9.47 Å². The number of phenols is 1. The highest BCUT2D eigenvalue weighted by atomic mass is 16.5. The molecule has 22 heavy (non-hydrogen) atoms. The molecule has 1 saturated carbocycles. The van der Waals surface area contributed by atoms with Gasteiger partial charge in [-0.05, 0) is 55.2 Å². The van der Waals surface area contributed by atoms with Crippen LogP contribution in [0.4, 0.5) is 0 Å². The quantitative estimate of drug-likeness (QED) is 0.899. The molecule has 4 nitrogen and oxygen atoms in total. The molecular formula is C18H17NO3. The van der Waals surface area contributed by atoms with Gasteiger partial charge in [0.05, 0.1) is 11.7 Å². The number of phenolic OH excluding ortho intramolecular Hbond substituents is 1. The van der Waals surface area contributed by atoms with Crippen LogP contribution in [-0.2, 0) is 6.42 Å². The molecule has 1 fully saturated rings. The first-order valence-corrected chi connectivity index (χ1v) is 7.40. The van der Waals surface area contributed by atoms with E-state index in [9.17, 15) is 10.4 Å². The molecule has 0 saturated heterocycles. The first-order chi connectivity index (χ1) is 10.7. The number of aryl methyl sites for hydroxylation is 1. The van der Waals surface area contributed by atoms with Crippen molar-refractivity contribution in [3.63, 3.8) is 0 Å². The van der Waals surface area contributed by atoms with E-state index in [1.54, 1.807) is 30.3 Å². The Hall–Kier alpha value is -2.67. The lowest BCUT2D eigenvalue weighted by Crippen LogP contribution is -2.02. The number of nitrogens with zero attached hydrogens (tertiary/aromatic N) is 1. The van der Waals surface area contributed by atoms with Gasteiger partial charge in [-0.3, -0.25) is 0 Å². The number of ether oxygens (including phenoxy) is 2. The highest BCUT2D eigenvalue weighted by Crippen LogP contribution is 2.36. The summed E-state index contributed by atoms with van der Waals surface area (Å²) in [6.07, 6.45) is 3.13. The maximum atomic E-state index is 9.38. The molecule has 0 aliphatic heterocycles. The summed E-state index contributed by atoms with van der Waals surface area (Å²) in [6, 6.07) is 12.3. The maximum absolute atomic E-state index is 9.38. The molecule has 2 aromatic rings. The molecule has 0 heterocycles. The largest absolute Gasteiger partial charge is 0.508 e. The van der Waals surface area contributed by atoms with E-state index in [1.807, 2.05) is 13.0 Å². The molecule has 4 heteroatoms. The summed E-state index contributed by atoms with van der Waals surface area (Å²) < 4.78 is 11.7. The molecule has 112 valence electrons. The predicted molar refractivity (Wildman–Crippen MR) is 82.4 cm³/mol. The smallest absolute Gasteiger partial charge is 0.140 e. The van der Waals surface area contributed by atoms with Gasteiger partial charge >= 0.3 is 0 Å². The summed E-state index contributed by atoms with van der Waals surface area (Å²) in [6.45, 7) is 2.03. The van der Waals surface area contributed by atoms with Crippen molar-refractivity contribution in [2.45, 2.75) is 32.3 Å². The van der Waals surface area contributed by atoms with E-state index < -0.39 is 0 Å². The van der Waals surface area contributed by atoms with Gasteiger partial charge in [0.2, 0.25) is 0 Å². The second-order valence-electron chi connectivity index (χ2n) is 5.34. The van der Waals surface area contributed by atoms with E-state index in [2.05, 4.69) is 6.07 Å². The third-order valence-corrected chi connectivity index (χ3v) is 3.52. The Balaban J connectivity index is 1.91. The molecule has 3 rings (SSSR count). The zero-order valence-electron chi connectivity index (χ0n) is 12.4. The fraction of sp³-hybridized carbons (Fsp3) is 0.278. The molecule has 0 unspecified atom stereocenters. The summed E-state index contributed by atoms with van der Waals surface area (Å²) in [5.74, 6) is 2.08. The first-order valence-electron chi connectivity index (χ1n) is 7.40. The van der Waals surface area contributed by atoms with Crippen molar-refractivity contribution >= 4 is 0 Å². The van der Waals surface area contributed by atoms with Gasteiger partial charge in [-0.2, -0.15) is 5.26 Å². The molecule has 0 spiro atoms. The van der Waals surface area contributed by atoms with Crippen molar-refractivity contribution in [1.29, 1.82) is 5.26 Å². The second kappa shape index (κ2) is 5.98. The van der Waals surface area contributed by atoms with E-state index in [0.29, 0.717) is 22.8 Å². The van der Waals surface area contributed by atoms with E-state index in [-0.39, 0.29) is 11.9 Å². The second-order valence-corrected chi connectivity index (χ2v) is 5.34. The van der Waals surface area contributed by atoms with Gasteiger partial charge < -0.3 is 14.6 Å². The summed E-state index contributed by atoms with van der Waals surface area (Å²) in [7, 11) is 0. The van der Waals surface area contributed by atoms with Gasteiger partial charge in [-0.15, -0.1) is 0 Å². The number of nitriles is 1. The van der Waals surface area contributed by atoms with Crippen LogP contribution in [0.1, 0.15) is 30.9 Å². The lowest BCUT2D eigenvalue weighted by molar-refractivity contribution is 0.298. The summed E-state index contributed by atoms with van der Waals surface area (Å²) in [5.41, 5.74) is 1.47. The van der Waals surface area contributed by atoms with Gasteiger partial charge in [0.15, 0.2) is 0 Å². The Kier molecular flexibility index (Phi) is 3.88. The lowest BCUT2D eigenvalue weighted by atomic mass is 10.1. The normalized spacial score (nSPS) is 13.5. The molecule has 1 N–H and O–H groups in total. The summed E-state index contributed by atoms with van der Waals surface area (Å²) in [5, 5.41) is 18.7. The number of aromatic hydroxyl groups is 1. The third kappa shape index (κ3) is 3.15. The predicted octanol–water partition coefficient (Wildman–Crippen LogP) is 4.16. The fourth-order valence-corrected chi connectivity index (χ4v) is 2.21. The average Bonchev–Trinajstić information content (AvgIpc) is 3.34. The van der Waals surface area contributed by atoms with Crippen LogP contribution in [0.15, 0.2) is 36.4 Å². The van der Waals surface area contributed by atoms with Crippen molar-refractivity contribution in [1.82, 2.24) is 0 Å². The SMILES string of the molecule is CCc1cc(Oc2ccc(O)cc2)cc(C#N)c1OC1CC1. The summed E-state index contributed by atoms with van der Waals surface area (Å²) >= 11 is 0. The molecule has 0 radical (unpaired) electrons. The number of benzene rings is 2. The van der Waals surface area contributed by atoms with Crippen molar-refractivity contribution in [3.8, 4) is 29.1 Å². The van der Waals surface area contributed by atoms with Crippen LogP contribution in [0.25, 0.3) is 0 Å². The van der Waals surface area contributed by atoms with Gasteiger partial charge in [-0.1, -0.05) is 6.92 Å². The van der Waals surface area contributed by atoms with Crippen molar-refractivity contribution in [2.24, 2.45) is 0 Å². The number of hydrogen-bond donors (Lipinski definition) is 1. The maximum Gasteiger partial charge on any atom is 0.140 e. The monoisotopic (exact) mass is 295 g/mol. The zero-order valence-corrected chi connectivity index (χ0v) is 12.4. The standard InChI is InChI=1S/C18H17NO3/c1-2-12-9-17(21-15-5-3-14(20)4-6-15)10-13(11-19)18(12)22-16-7-8-16/h3-6,9-10,16,20H,2,7-8H2,1H3. The molecule has 0 amide bonds. The van der Waals surface area contributed by atoms with Crippen LogP contribution in [0.5, 0.6) is 23.0 Å². The van der Waals surface area contributed by atoms with Crippen LogP contribution >= 0.6 is 0 Å². The van der Waals surface area contributed by atoms with Gasteiger partial charge in [-0.25, -0.2) is 0 Å². The number of rotatable bonds is 5. The minimum Gasteiger partial charge on any atom is -0.508 e. The molecule has 2 aromatic carbocycles. The van der Waals surface area contributed by atoms with E-state index >= 15 is 0 Å². The topological polar surface area (TPSA) is 62.5 Å². The van der Waals surface area contributed by atoms with Crippen molar-refractivity contribution in [2.75, 3.05) is 0 Å². The Morgan fingerprint density at radius 2 is 1.91 bits per heavy atom. The minimum absolute atomic E-state index is 0.187. The fourth-order valence-electron chi connectivity index (χ4n) is 2.21. The molecule has 0 aromatic heterocycles. The molecular weight excluding hydrogens is 278 g/mol. The van der Waals surface area contributed by atoms with Crippen LogP contribution in [0, 0.1) is 11.3 Å². The van der Waals surface area contributed by atoms with E-state index in [1.165, 1.54) is 0 Å². The minimum atomic E-state index is 0.187. The van der Waals surface area contributed by atoms with Crippen molar-refractivity contribution < 1.29 is 14.6 Å². The zero-order chi connectivity index (χ0) is 15.5. The molecule has 0 atom stereocenters. The average molecular weight is 295 g/mol. The molecule has 1 aliphatic rings. The Labute approximate surface area is 129 Å². The third-order valence-electron chi connectivity index (χ3n) is 3.52. The van der Waals surface area contributed by atoms with Crippen LogP contribution in [0.2, 0.25) is 0 Å². The number of hydrogen-bond acceptors (Lipinski definition) is 4. The van der Waals surface area contributed by atoms with E-state index in [0.717, 1.165) is 24.8 Å². The first kappa shape index (κ1) is 14.3. The van der Waals surface area contributed by atoms with Crippen LogP contribution in [0.3, 0.4) is 0 Å².